The fourth-order valence-electron chi connectivity index (χ4n) is 1.06. The Hall–Kier alpha value is -1.56. The van der Waals surface area contributed by atoms with Crippen molar-refractivity contribution < 1.29 is 9.90 Å². The van der Waals surface area contributed by atoms with Gasteiger partial charge < -0.3 is 16.2 Å². The zero-order valence-corrected chi connectivity index (χ0v) is 8.19. The number of aryl methyl sites for hydroxylation is 1. The lowest BCUT2D eigenvalue weighted by Gasteiger charge is -2.07. The summed E-state index contributed by atoms with van der Waals surface area (Å²) in [5.74, 6) is -0.330. The minimum absolute atomic E-state index is 0.198. The Morgan fingerprint density at radius 1 is 1.86 bits per heavy atom. The van der Waals surface area contributed by atoms with Crippen molar-refractivity contribution in [2.24, 2.45) is 7.05 Å². The lowest BCUT2D eigenvalue weighted by Crippen LogP contribution is -2.32. The highest BCUT2D eigenvalue weighted by Crippen LogP contribution is 2.08. The maximum Gasteiger partial charge on any atom is 0.271 e. The molecule has 1 aromatic rings. The SMILES string of the molecule is CC(O)CNC(=O)c1c(N)cnn1C. The van der Waals surface area contributed by atoms with Gasteiger partial charge in [0, 0.05) is 13.6 Å². The fourth-order valence-corrected chi connectivity index (χ4v) is 1.06. The Balaban J connectivity index is 2.70. The third-order valence-electron chi connectivity index (χ3n) is 1.74. The lowest BCUT2D eigenvalue weighted by molar-refractivity contribution is 0.0915. The average molecular weight is 198 g/mol. The second-order valence-corrected chi connectivity index (χ2v) is 3.13. The van der Waals surface area contributed by atoms with E-state index in [-0.39, 0.29) is 12.5 Å². The second kappa shape index (κ2) is 4.10. The number of aliphatic hydroxyl groups is 1. The number of aromatic nitrogens is 2. The van der Waals surface area contributed by atoms with Gasteiger partial charge in [0.2, 0.25) is 0 Å². The largest absolute Gasteiger partial charge is 0.396 e. The van der Waals surface area contributed by atoms with Crippen LogP contribution in [0.1, 0.15) is 17.4 Å². The molecular weight excluding hydrogens is 184 g/mol. The number of nitrogens with two attached hydrogens (primary N) is 1. The van der Waals surface area contributed by atoms with E-state index in [0.29, 0.717) is 11.4 Å². The van der Waals surface area contributed by atoms with Crippen molar-refractivity contribution in [3.05, 3.63) is 11.9 Å². The number of carbonyl (C=O) groups excluding carboxylic acids is 1. The molecule has 0 saturated heterocycles. The molecule has 0 fully saturated rings. The summed E-state index contributed by atoms with van der Waals surface area (Å²) in [4.78, 5) is 11.5. The van der Waals surface area contributed by atoms with E-state index in [0.717, 1.165) is 0 Å². The van der Waals surface area contributed by atoms with Gasteiger partial charge in [0.05, 0.1) is 18.0 Å². The number of hydrogen-bond acceptors (Lipinski definition) is 4. The maximum absolute atomic E-state index is 11.5. The minimum Gasteiger partial charge on any atom is -0.396 e. The summed E-state index contributed by atoms with van der Waals surface area (Å²) in [6.45, 7) is 1.79. The smallest absolute Gasteiger partial charge is 0.271 e. The van der Waals surface area contributed by atoms with E-state index < -0.39 is 6.10 Å². The first-order valence-corrected chi connectivity index (χ1v) is 4.26. The van der Waals surface area contributed by atoms with Crippen LogP contribution in [0.15, 0.2) is 6.20 Å². The molecule has 0 aliphatic rings. The van der Waals surface area contributed by atoms with E-state index in [1.807, 2.05) is 0 Å². The summed E-state index contributed by atoms with van der Waals surface area (Å²) < 4.78 is 1.40. The molecule has 6 nitrogen and oxygen atoms in total. The van der Waals surface area contributed by atoms with E-state index in [4.69, 9.17) is 10.8 Å². The van der Waals surface area contributed by atoms with Crippen molar-refractivity contribution >= 4 is 11.6 Å². The summed E-state index contributed by atoms with van der Waals surface area (Å²) in [5.41, 5.74) is 6.18. The molecule has 1 rings (SSSR count). The lowest BCUT2D eigenvalue weighted by atomic mass is 10.3. The van der Waals surface area contributed by atoms with Crippen LogP contribution in [0.3, 0.4) is 0 Å². The van der Waals surface area contributed by atoms with Gasteiger partial charge in [0.25, 0.3) is 5.91 Å². The highest BCUT2D eigenvalue weighted by atomic mass is 16.3. The number of rotatable bonds is 3. The van der Waals surface area contributed by atoms with Crippen molar-refractivity contribution in [2.75, 3.05) is 12.3 Å². The van der Waals surface area contributed by atoms with Crippen molar-refractivity contribution in [1.82, 2.24) is 15.1 Å². The van der Waals surface area contributed by atoms with Gasteiger partial charge in [0.15, 0.2) is 0 Å². The van der Waals surface area contributed by atoms with Crippen LogP contribution in [-0.2, 0) is 7.05 Å². The van der Waals surface area contributed by atoms with Gasteiger partial charge in [-0.2, -0.15) is 5.10 Å². The molecule has 0 saturated carbocycles. The molecule has 0 aromatic carbocycles. The van der Waals surface area contributed by atoms with Crippen LogP contribution in [0.5, 0.6) is 0 Å². The molecule has 1 unspecified atom stereocenters. The quantitative estimate of drug-likeness (QED) is 0.587. The van der Waals surface area contributed by atoms with Gasteiger partial charge in [-0.1, -0.05) is 0 Å². The molecule has 0 aliphatic heterocycles. The Morgan fingerprint density at radius 2 is 2.50 bits per heavy atom. The van der Waals surface area contributed by atoms with Crippen molar-refractivity contribution in [3.63, 3.8) is 0 Å². The summed E-state index contributed by atoms with van der Waals surface area (Å²) >= 11 is 0. The molecule has 1 atom stereocenters. The molecule has 0 radical (unpaired) electrons. The van der Waals surface area contributed by atoms with Crippen molar-refractivity contribution in [1.29, 1.82) is 0 Å². The predicted molar refractivity (Wildman–Crippen MR) is 51.6 cm³/mol. The van der Waals surface area contributed by atoms with E-state index in [9.17, 15) is 4.79 Å². The van der Waals surface area contributed by atoms with Crippen LogP contribution < -0.4 is 11.1 Å². The summed E-state index contributed by atoms with van der Waals surface area (Å²) in [7, 11) is 1.63. The fraction of sp³-hybridized carbons (Fsp3) is 0.500. The number of amides is 1. The second-order valence-electron chi connectivity index (χ2n) is 3.13. The van der Waals surface area contributed by atoms with Crippen LogP contribution in [0.4, 0.5) is 5.69 Å². The molecule has 78 valence electrons. The average Bonchev–Trinajstić information content (AvgIpc) is 2.42. The normalized spacial score (nSPS) is 12.5. The van der Waals surface area contributed by atoms with Gasteiger partial charge in [-0.25, -0.2) is 0 Å². The van der Waals surface area contributed by atoms with E-state index in [1.165, 1.54) is 10.9 Å². The van der Waals surface area contributed by atoms with Crippen LogP contribution in [0.25, 0.3) is 0 Å². The topological polar surface area (TPSA) is 93.2 Å². The summed E-state index contributed by atoms with van der Waals surface area (Å²) in [5, 5.41) is 15.3. The number of nitrogens with one attached hydrogen (secondary N) is 1. The van der Waals surface area contributed by atoms with Crippen LogP contribution in [0.2, 0.25) is 0 Å². The standard InChI is InChI=1S/C8H14N4O2/c1-5(13)3-10-8(14)7-6(9)4-11-12(7)2/h4-5,13H,3,9H2,1-2H3,(H,10,14). The van der Waals surface area contributed by atoms with E-state index in [1.54, 1.807) is 14.0 Å². The maximum atomic E-state index is 11.5. The predicted octanol–water partition coefficient (Wildman–Crippen LogP) is -0.887. The molecule has 4 N–H and O–H groups in total. The Morgan fingerprint density at radius 3 is 2.93 bits per heavy atom. The Labute approximate surface area is 81.7 Å². The number of nitrogens with zero attached hydrogens (tertiary/aromatic N) is 2. The highest BCUT2D eigenvalue weighted by molar-refractivity contribution is 5.97. The number of carbonyl (C=O) groups is 1. The van der Waals surface area contributed by atoms with Crippen molar-refractivity contribution in [3.8, 4) is 0 Å². The number of anilines is 1. The first-order chi connectivity index (χ1) is 6.52. The third-order valence-corrected chi connectivity index (χ3v) is 1.74. The molecule has 1 amide bonds. The number of hydrogen-bond donors (Lipinski definition) is 3. The molecule has 0 bridgehead atoms. The van der Waals surface area contributed by atoms with Crippen LogP contribution in [-0.4, -0.2) is 33.4 Å². The van der Waals surface area contributed by atoms with Crippen LogP contribution in [0, 0.1) is 0 Å². The monoisotopic (exact) mass is 198 g/mol. The van der Waals surface area contributed by atoms with Gasteiger partial charge in [-0.15, -0.1) is 0 Å². The minimum atomic E-state index is -0.576. The molecule has 1 heterocycles. The molecular formula is C8H14N4O2. The Bertz CT molecular complexity index is 313. The van der Waals surface area contributed by atoms with Gasteiger partial charge in [-0.05, 0) is 6.92 Å². The zero-order chi connectivity index (χ0) is 10.7. The molecule has 1 aromatic heterocycles. The first-order valence-electron chi connectivity index (χ1n) is 4.26. The van der Waals surface area contributed by atoms with Gasteiger partial charge in [-0.3, -0.25) is 9.48 Å². The first kappa shape index (κ1) is 10.5. The molecule has 0 aliphatic carbocycles. The van der Waals surface area contributed by atoms with Crippen LogP contribution >= 0.6 is 0 Å². The van der Waals surface area contributed by atoms with E-state index in [2.05, 4.69) is 10.4 Å². The number of aliphatic hydroxyl groups excluding tert-OH is 1. The zero-order valence-electron chi connectivity index (χ0n) is 8.19. The van der Waals surface area contributed by atoms with Gasteiger partial charge in [0.1, 0.15) is 5.69 Å². The van der Waals surface area contributed by atoms with Crippen molar-refractivity contribution in [2.45, 2.75) is 13.0 Å². The third kappa shape index (κ3) is 2.23. The Kier molecular flexibility index (Phi) is 3.08. The highest BCUT2D eigenvalue weighted by Gasteiger charge is 2.14. The van der Waals surface area contributed by atoms with E-state index >= 15 is 0 Å². The molecule has 0 spiro atoms. The van der Waals surface area contributed by atoms with Gasteiger partial charge >= 0.3 is 0 Å². The number of nitrogen functional groups attached to an aromatic ring is 1. The molecule has 14 heavy (non-hydrogen) atoms. The summed E-state index contributed by atoms with van der Waals surface area (Å²) in [6.07, 6.45) is 0.838. The summed E-state index contributed by atoms with van der Waals surface area (Å²) in [6, 6.07) is 0. The molecule has 6 heteroatoms.